The summed E-state index contributed by atoms with van der Waals surface area (Å²) in [7, 11) is 0. The van der Waals surface area contributed by atoms with E-state index >= 15 is 0 Å². The number of amides is 2. The predicted molar refractivity (Wildman–Crippen MR) is 74.0 cm³/mol. The average Bonchev–Trinajstić information content (AvgIpc) is 2.30. The van der Waals surface area contributed by atoms with Crippen molar-refractivity contribution < 1.29 is 9.59 Å². The van der Waals surface area contributed by atoms with Gasteiger partial charge in [-0.25, -0.2) is 0 Å². The second kappa shape index (κ2) is 8.11. The smallest absolute Gasteiger partial charge is 0.243 e. The molecule has 0 spiro atoms. The predicted octanol–water partition coefficient (Wildman–Crippen LogP) is 2.36. The molecule has 2 unspecified atom stereocenters. The Morgan fingerprint density at radius 3 is 2.22 bits per heavy atom. The van der Waals surface area contributed by atoms with Gasteiger partial charge in [-0.1, -0.05) is 46.5 Å². The standard InChI is InChI=1S/C14H28N2O2/c1-5-7-8-9-10-11(3)14(6-2,13(15)18)16-12(4)17/h11H,5-10H2,1-4H3,(H2,15,18)(H,16,17). The first-order chi connectivity index (χ1) is 8.40. The number of nitrogens with two attached hydrogens (primary N) is 1. The fourth-order valence-electron chi connectivity index (χ4n) is 2.48. The van der Waals surface area contributed by atoms with Crippen LogP contribution in [0, 0.1) is 5.92 Å². The first-order valence-electron chi connectivity index (χ1n) is 6.99. The van der Waals surface area contributed by atoms with Gasteiger partial charge in [0.25, 0.3) is 0 Å². The lowest BCUT2D eigenvalue weighted by Gasteiger charge is -2.36. The van der Waals surface area contributed by atoms with E-state index in [1.54, 1.807) is 0 Å². The lowest BCUT2D eigenvalue weighted by Crippen LogP contribution is -2.60. The van der Waals surface area contributed by atoms with E-state index in [0.29, 0.717) is 6.42 Å². The minimum absolute atomic E-state index is 0.0701. The first-order valence-corrected chi connectivity index (χ1v) is 6.99. The van der Waals surface area contributed by atoms with Crippen molar-refractivity contribution in [3.8, 4) is 0 Å². The summed E-state index contributed by atoms with van der Waals surface area (Å²) in [4.78, 5) is 23.0. The monoisotopic (exact) mass is 256 g/mol. The van der Waals surface area contributed by atoms with Crippen molar-refractivity contribution >= 4 is 11.8 Å². The van der Waals surface area contributed by atoms with Crippen molar-refractivity contribution in [2.75, 3.05) is 0 Å². The second-order valence-electron chi connectivity index (χ2n) is 5.12. The molecule has 4 heteroatoms. The molecule has 18 heavy (non-hydrogen) atoms. The van der Waals surface area contributed by atoms with Gasteiger partial charge in [-0.2, -0.15) is 0 Å². The highest BCUT2D eigenvalue weighted by molar-refractivity contribution is 5.90. The van der Waals surface area contributed by atoms with Crippen molar-refractivity contribution in [2.45, 2.75) is 71.8 Å². The maximum absolute atomic E-state index is 11.7. The largest absolute Gasteiger partial charge is 0.368 e. The van der Waals surface area contributed by atoms with E-state index in [2.05, 4.69) is 12.2 Å². The van der Waals surface area contributed by atoms with Crippen LogP contribution in [-0.2, 0) is 9.59 Å². The highest BCUT2D eigenvalue weighted by Gasteiger charge is 2.40. The molecule has 0 aromatic rings. The summed E-state index contributed by atoms with van der Waals surface area (Å²) in [5.41, 5.74) is 4.62. The third kappa shape index (κ3) is 4.67. The van der Waals surface area contributed by atoms with Gasteiger partial charge in [0.15, 0.2) is 0 Å². The minimum atomic E-state index is -0.891. The zero-order chi connectivity index (χ0) is 14.2. The fraction of sp³-hybridized carbons (Fsp3) is 0.857. The van der Waals surface area contributed by atoms with Crippen LogP contribution in [0.1, 0.15) is 66.2 Å². The van der Waals surface area contributed by atoms with Gasteiger partial charge >= 0.3 is 0 Å². The Hall–Kier alpha value is -1.06. The molecule has 3 N–H and O–H groups in total. The summed E-state index contributed by atoms with van der Waals surface area (Å²) in [5, 5.41) is 2.77. The van der Waals surface area contributed by atoms with Crippen LogP contribution in [0.15, 0.2) is 0 Å². The second-order valence-corrected chi connectivity index (χ2v) is 5.12. The summed E-state index contributed by atoms with van der Waals surface area (Å²) >= 11 is 0. The molecule has 2 atom stereocenters. The molecule has 0 aliphatic heterocycles. The number of primary amides is 1. The average molecular weight is 256 g/mol. The molecule has 4 nitrogen and oxygen atoms in total. The van der Waals surface area contributed by atoms with Gasteiger partial charge in [-0.3, -0.25) is 9.59 Å². The zero-order valence-electron chi connectivity index (χ0n) is 12.2. The normalized spacial score (nSPS) is 15.8. The van der Waals surface area contributed by atoms with Gasteiger partial charge in [0.2, 0.25) is 11.8 Å². The van der Waals surface area contributed by atoms with E-state index in [-0.39, 0.29) is 11.8 Å². The van der Waals surface area contributed by atoms with Crippen molar-refractivity contribution in [1.29, 1.82) is 0 Å². The van der Waals surface area contributed by atoms with E-state index in [9.17, 15) is 9.59 Å². The summed E-state index contributed by atoms with van der Waals surface area (Å²) in [6.07, 6.45) is 6.09. The molecule has 0 aromatic carbocycles. The molecule has 0 radical (unpaired) electrons. The fourth-order valence-corrected chi connectivity index (χ4v) is 2.48. The van der Waals surface area contributed by atoms with Crippen molar-refractivity contribution in [1.82, 2.24) is 5.32 Å². The molecule has 0 aliphatic rings. The van der Waals surface area contributed by atoms with E-state index in [1.807, 2.05) is 13.8 Å². The van der Waals surface area contributed by atoms with Gasteiger partial charge in [0, 0.05) is 6.92 Å². The highest BCUT2D eigenvalue weighted by atomic mass is 16.2. The van der Waals surface area contributed by atoms with E-state index in [0.717, 1.165) is 12.8 Å². The number of carbonyl (C=O) groups excluding carboxylic acids is 2. The van der Waals surface area contributed by atoms with Crippen LogP contribution in [0.2, 0.25) is 0 Å². The molecular weight excluding hydrogens is 228 g/mol. The van der Waals surface area contributed by atoms with Crippen LogP contribution in [0.3, 0.4) is 0 Å². The molecule has 0 aromatic heterocycles. The quantitative estimate of drug-likeness (QED) is 0.622. The zero-order valence-corrected chi connectivity index (χ0v) is 12.2. The van der Waals surface area contributed by atoms with Crippen LogP contribution < -0.4 is 11.1 Å². The highest BCUT2D eigenvalue weighted by Crippen LogP contribution is 2.26. The topological polar surface area (TPSA) is 72.2 Å². The Kier molecular flexibility index (Phi) is 7.64. The minimum Gasteiger partial charge on any atom is -0.368 e. The maximum Gasteiger partial charge on any atom is 0.243 e. The number of carbonyl (C=O) groups is 2. The molecule has 2 amide bonds. The van der Waals surface area contributed by atoms with Crippen LogP contribution >= 0.6 is 0 Å². The number of hydrogen-bond acceptors (Lipinski definition) is 2. The lowest BCUT2D eigenvalue weighted by atomic mass is 9.79. The van der Waals surface area contributed by atoms with Gasteiger partial charge in [-0.05, 0) is 18.8 Å². The number of nitrogens with one attached hydrogen (secondary N) is 1. The number of rotatable bonds is 9. The number of hydrogen-bond donors (Lipinski definition) is 2. The Balaban J connectivity index is 4.63. The molecule has 0 bridgehead atoms. The lowest BCUT2D eigenvalue weighted by molar-refractivity contribution is -0.133. The molecular formula is C14H28N2O2. The maximum atomic E-state index is 11.7. The summed E-state index contributed by atoms with van der Waals surface area (Å²) in [6, 6.07) is 0. The molecule has 0 saturated carbocycles. The first kappa shape index (κ1) is 16.9. The van der Waals surface area contributed by atoms with Gasteiger partial charge < -0.3 is 11.1 Å². The van der Waals surface area contributed by atoms with Crippen molar-refractivity contribution in [2.24, 2.45) is 11.7 Å². The molecule has 0 aliphatic carbocycles. The van der Waals surface area contributed by atoms with E-state index in [4.69, 9.17) is 5.73 Å². The van der Waals surface area contributed by atoms with Gasteiger partial charge in [0.1, 0.15) is 5.54 Å². The molecule has 0 saturated heterocycles. The van der Waals surface area contributed by atoms with Crippen molar-refractivity contribution in [3.63, 3.8) is 0 Å². The molecule has 0 rings (SSSR count). The Labute approximate surface area is 111 Å². The Morgan fingerprint density at radius 2 is 1.83 bits per heavy atom. The summed E-state index contributed by atoms with van der Waals surface area (Å²) in [5.74, 6) is -0.556. The Morgan fingerprint density at radius 1 is 1.22 bits per heavy atom. The SMILES string of the molecule is CCCCCCC(C)C(CC)(NC(C)=O)C(N)=O. The van der Waals surface area contributed by atoms with E-state index < -0.39 is 11.4 Å². The third-order valence-corrected chi connectivity index (χ3v) is 3.73. The van der Waals surface area contributed by atoms with Crippen LogP contribution in [0.5, 0.6) is 0 Å². The van der Waals surface area contributed by atoms with Crippen LogP contribution in [0.25, 0.3) is 0 Å². The van der Waals surface area contributed by atoms with Crippen molar-refractivity contribution in [3.05, 3.63) is 0 Å². The number of unbranched alkanes of at least 4 members (excludes halogenated alkanes) is 3. The molecule has 106 valence electrons. The summed E-state index contributed by atoms with van der Waals surface area (Å²) in [6.45, 7) is 7.48. The molecule has 0 fully saturated rings. The Bertz CT molecular complexity index is 279. The van der Waals surface area contributed by atoms with E-state index in [1.165, 1.54) is 26.2 Å². The van der Waals surface area contributed by atoms with Crippen LogP contribution in [-0.4, -0.2) is 17.4 Å². The van der Waals surface area contributed by atoms with Gasteiger partial charge in [0.05, 0.1) is 0 Å². The summed E-state index contributed by atoms with van der Waals surface area (Å²) < 4.78 is 0. The van der Waals surface area contributed by atoms with Crippen LogP contribution in [0.4, 0.5) is 0 Å². The molecule has 0 heterocycles. The third-order valence-electron chi connectivity index (χ3n) is 3.73. The van der Waals surface area contributed by atoms with Gasteiger partial charge in [-0.15, -0.1) is 0 Å².